The molecule has 2 heterocycles. The van der Waals surface area contributed by atoms with E-state index in [1.165, 1.54) is 6.42 Å². The molecule has 1 aromatic heterocycles. The highest BCUT2D eigenvalue weighted by Gasteiger charge is 2.41. The molecule has 0 spiro atoms. The Morgan fingerprint density at radius 2 is 2.37 bits per heavy atom. The Kier molecular flexibility index (Phi) is 5.37. The van der Waals surface area contributed by atoms with Crippen LogP contribution in [0.5, 0.6) is 0 Å². The van der Waals surface area contributed by atoms with Crippen LogP contribution in [0.3, 0.4) is 0 Å². The van der Waals surface area contributed by atoms with E-state index in [0.29, 0.717) is 6.10 Å². The van der Waals surface area contributed by atoms with Crippen molar-refractivity contribution >= 4 is 15.9 Å². The molecule has 0 aliphatic carbocycles. The molecule has 19 heavy (non-hydrogen) atoms. The van der Waals surface area contributed by atoms with Crippen molar-refractivity contribution in [2.45, 2.75) is 39.2 Å². The average molecular weight is 327 g/mol. The van der Waals surface area contributed by atoms with Crippen LogP contribution in [0.2, 0.25) is 0 Å². The minimum atomic E-state index is 0.190. The van der Waals surface area contributed by atoms with Crippen molar-refractivity contribution in [3.63, 3.8) is 0 Å². The summed E-state index contributed by atoms with van der Waals surface area (Å²) in [7, 11) is 0. The first-order valence-electron chi connectivity index (χ1n) is 7.09. The number of nitrogens with zero attached hydrogens (tertiary/aromatic N) is 1. The third-order valence-electron chi connectivity index (χ3n) is 4.06. The SMILES string of the molecule is CCCNCC1(Cc2ccc(Br)cn2)CCOC1C. The van der Waals surface area contributed by atoms with Crippen molar-refractivity contribution in [1.29, 1.82) is 0 Å². The summed E-state index contributed by atoms with van der Waals surface area (Å²) in [5, 5.41) is 3.56. The predicted molar refractivity (Wildman–Crippen MR) is 81.3 cm³/mol. The van der Waals surface area contributed by atoms with Crippen LogP contribution in [-0.2, 0) is 11.2 Å². The second kappa shape index (κ2) is 6.82. The summed E-state index contributed by atoms with van der Waals surface area (Å²) in [6.45, 7) is 7.34. The molecule has 3 nitrogen and oxygen atoms in total. The van der Waals surface area contributed by atoms with E-state index in [-0.39, 0.29) is 5.41 Å². The fourth-order valence-corrected chi connectivity index (χ4v) is 2.97. The number of aromatic nitrogens is 1. The zero-order valence-corrected chi connectivity index (χ0v) is 13.4. The highest BCUT2D eigenvalue weighted by atomic mass is 79.9. The molecule has 4 heteroatoms. The van der Waals surface area contributed by atoms with Gasteiger partial charge in [0.05, 0.1) is 6.10 Å². The van der Waals surface area contributed by atoms with Gasteiger partial charge in [0, 0.05) is 34.9 Å². The number of hydrogen-bond acceptors (Lipinski definition) is 3. The molecule has 0 aromatic carbocycles. The molecule has 2 atom stereocenters. The van der Waals surface area contributed by atoms with Crippen molar-refractivity contribution < 1.29 is 4.74 Å². The zero-order valence-electron chi connectivity index (χ0n) is 11.8. The lowest BCUT2D eigenvalue weighted by Crippen LogP contribution is -2.41. The van der Waals surface area contributed by atoms with E-state index in [4.69, 9.17) is 4.74 Å². The Balaban J connectivity index is 2.07. The van der Waals surface area contributed by atoms with Gasteiger partial charge in [-0.1, -0.05) is 6.92 Å². The molecule has 1 aliphatic rings. The molecule has 0 bridgehead atoms. The molecule has 2 unspecified atom stereocenters. The maximum Gasteiger partial charge on any atom is 0.0619 e. The second-order valence-corrected chi connectivity index (χ2v) is 6.36. The largest absolute Gasteiger partial charge is 0.378 e. The van der Waals surface area contributed by atoms with Gasteiger partial charge in [-0.05, 0) is 60.8 Å². The first-order valence-corrected chi connectivity index (χ1v) is 7.88. The highest BCUT2D eigenvalue weighted by Crippen LogP contribution is 2.37. The molecule has 0 radical (unpaired) electrons. The van der Waals surface area contributed by atoms with E-state index < -0.39 is 0 Å². The molecule has 1 fully saturated rings. The van der Waals surface area contributed by atoms with E-state index in [1.807, 2.05) is 6.20 Å². The first kappa shape index (κ1) is 14.9. The minimum absolute atomic E-state index is 0.190. The summed E-state index contributed by atoms with van der Waals surface area (Å²) in [5.41, 5.74) is 1.34. The number of ether oxygens (including phenoxy) is 1. The van der Waals surface area contributed by atoms with Gasteiger partial charge in [0.2, 0.25) is 0 Å². The molecular formula is C15H23BrN2O. The lowest BCUT2D eigenvalue weighted by molar-refractivity contribution is 0.0626. The molecule has 1 N–H and O–H groups in total. The summed E-state index contributed by atoms with van der Waals surface area (Å²) in [5.74, 6) is 0. The average Bonchev–Trinajstić information content (AvgIpc) is 2.75. The van der Waals surface area contributed by atoms with Crippen molar-refractivity contribution in [2.24, 2.45) is 5.41 Å². The third kappa shape index (κ3) is 3.77. The predicted octanol–water partition coefficient (Wildman–Crippen LogP) is 3.18. The highest BCUT2D eigenvalue weighted by molar-refractivity contribution is 9.10. The van der Waals surface area contributed by atoms with Crippen LogP contribution in [0.15, 0.2) is 22.8 Å². The summed E-state index contributed by atoms with van der Waals surface area (Å²) in [4.78, 5) is 4.52. The fourth-order valence-electron chi connectivity index (χ4n) is 2.73. The zero-order chi connectivity index (χ0) is 13.7. The molecule has 1 aliphatic heterocycles. The van der Waals surface area contributed by atoms with Gasteiger partial charge in [0.1, 0.15) is 0 Å². The van der Waals surface area contributed by atoms with Gasteiger partial charge in [-0.2, -0.15) is 0 Å². The van der Waals surface area contributed by atoms with Gasteiger partial charge in [-0.15, -0.1) is 0 Å². The van der Waals surface area contributed by atoms with Gasteiger partial charge in [0.25, 0.3) is 0 Å². The monoisotopic (exact) mass is 326 g/mol. The van der Waals surface area contributed by atoms with E-state index in [9.17, 15) is 0 Å². The molecule has 0 amide bonds. The van der Waals surface area contributed by atoms with Crippen LogP contribution in [0.4, 0.5) is 0 Å². The summed E-state index contributed by atoms with van der Waals surface area (Å²) in [6.07, 6.45) is 5.44. The fraction of sp³-hybridized carbons (Fsp3) is 0.667. The van der Waals surface area contributed by atoms with Crippen LogP contribution >= 0.6 is 15.9 Å². The number of rotatable bonds is 6. The lowest BCUT2D eigenvalue weighted by Gasteiger charge is -2.32. The minimum Gasteiger partial charge on any atom is -0.378 e. The summed E-state index contributed by atoms with van der Waals surface area (Å²) in [6, 6.07) is 4.17. The van der Waals surface area contributed by atoms with Gasteiger partial charge in [-0.25, -0.2) is 0 Å². The van der Waals surface area contributed by atoms with Crippen LogP contribution in [-0.4, -0.2) is 30.8 Å². The maximum atomic E-state index is 5.82. The Labute approximate surface area is 124 Å². The Bertz CT molecular complexity index is 396. The Hall–Kier alpha value is -0.450. The molecular weight excluding hydrogens is 304 g/mol. The van der Waals surface area contributed by atoms with Crippen LogP contribution in [0.25, 0.3) is 0 Å². The van der Waals surface area contributed by atoms with Crippen molar-refractivity contribution in [3.05, 3.63) is 28.5 Å². The number of halogens is 1. The topological polar surface area (TPSA) is 34.2 Å². The molecule has 0 saturated carbocycles. The summed E-state index contributed by atoms with van der Waals surface area (Å²) < 4.78 is 6.85. The number of nitrogens with one attached hydrogen (secondary N) is 1. The molecule has 2 rings (SSSR count). The number of pyridine rings is 1. The normalized spacial score (nSPS) is 26.8. The van der Waals surface area contributed by atoms with Crippen molar-refractivity contribution in [2.75, 3.05) is 19.7 Å². The van der Waals surface area contributed by atoms with Crippen molar-refractivity contribution in [3.8, 4) is 0 Å². The van der Waals surface area contributed by atoms with Gasteiger partial charge in [-0.3, -0.25) is 4.98 Å². The summed E-state index contributed by atoms with van der Waals surface area (Å²) >= 11 is 3.44. The van der Waals surface area contributed by atoms with E-state index in [1.54, 1.807) is 0 Å². The quantitative estimate of drug-likeness (QED) is 0.815. The van der Waals surface area contributed by atoms with Crippen LogP contribution in [0, 0.1) is 5.41 Å². The van der Waals surface area contributed by atoms with Crippen LogP contribution in [0.1, 0.15) is 32.4 Å². The second-order valence-electron chi connectivity index (χ2n) is 5.45. The van der Waals surface area contributed by atoms with E-state index in [0.717, 1.165) is 42.7 Å². The lowest BCUT2D eigenvalue weighted by atomic mass is 9.77. The Morgan fingerprint density at radius 1 is 1.53 bits per heavy atom. The van der Waals surface area contributed by atoms with E-state index in [2.05, 4.69) is 52.2 Å². The smallest absolute Gasteiger partial charge is 0.0619 e. The van der Waals surface area contributed by atoms with Gasteiger partial charge < -0.3 is 10.1 Å². The van der Waals surface area contributed by atoms with Crippen LogP contribution < -0.4 is 5.32 Å². The van der Waals surface area contributed by atoms with Gasteiger partial charge in [0.15, 0.2) is 0 Å². The third-order valence-corrected chi connectivity index (χ3v) is 4.52. The molecule has 1 saturated heterocycles. The first-order chi connectivity index (χ1) is 9.16. The maximum absolute atomic E-state index is 5.82. The van der Waals surface area contributed by atoms with E-state index >= 15 is 0 Å². The number of hydrogen-bond donors (Lipinski definition) is 1. The standard InChI is InChI=1S/C15H23BrN2O/c1-3-7-17-11-15(6-8-19-12(15)2)9-14-5-4-13(16)10-18-14/h4-5,10,12,17H,3,6-9,11H2,1-2H3. The molecule has 1 aromatic rings. The van der Waals surface area contributed by atoms with Crippen molar-refractivity contribution in [1.82, 2.24) is 10.3 Å². The molecule has 106 valence electrons. The Morgan fingerprint density at radius 3 is 2.95 bits per heavy atom. The van der Waals surface area contributed by atoms with Gasteiger partial charge >= 0.3 is 0 Å².